The molecular formula is C21H18ClN3O. The molecule has 5 heteroatoms. The summed E-state index contributed by atoms with van der Waals surface area (Å²) >= 11 is 5.97. The Morgan fingerprint density at radius 2 is 1.92 bits per heavy atom. The number of fused-ring (bicyclic) bond motifs is 1. The van der Waals surface area contributed by atoms with Gasteiger partial charge in [-0.25, -0.2) is 9.97 Å². The number of benzene rings is 2. The third-order valence-corrected chi connectivity index (χ3v) is 4.91. The molecule has 1 atom stereocenters. The maximum absolute atomic E-state index is 12.5. The fraction of sp³-hybridized carbons (Fsp3) is 0.190. The minimum atomic E-state index is 0.0910. The average molecular weight is 364 g/mol. The number of aromatic nitrogens is 2. The van der Waals surface area contributed by atoms with Gasteiger partial charge in [0.1, 0.15) is 0 Å². The third-order valence-electron chi connectivity index (χ3n) is 4.66. The number of ketones is 1. The number of halogens is 1. The number of nitrogens with zero attached hydrogens (tertiary/aromatic N) is 2. The highest BCUT2D eigenvalue weighted by molar-refractivity contribution is 6.30. The summed E-state index contributed by atoms with van der Waals surface area (Å²) < 4.78 is 0. The molecule has 1 aliphatic carbocycles. The van der Waals surface area contributed by atoms with Crippen molar-refractivity contribution >= 4 is 29.0 Å². The third kappa shape index (κ3) is 3.46. The maximum atomic E-state index is 12.5. The number of anilines is 2. The van der Waals surface area contributed by atoms with Crippen LogP contribution in [-0.4, -0.2) is 15.8 Å². The molecule has 0 unspecified atom stereocenters. The molecule has 0 radical (unpaired) electrons. The molecular weight excluding hydrogens is 346 g/mol. The van der Waals surface area contributed by atoms with Crippen molar-refractivity contribution < 1.29 is 4.79 Å². The molecule has 1 heterocycles. The van der Waals surface area contributed by atoms with Crippen LogP contribution < -0.4 is 5.32 Å². The minimum Gasteiger partial charge on any atom is -0.324 e. The quantitative estimate of drug-likeness (QED) is 0.703. The summed E-state index contributed by atoms with van der Waals surface area (Å²) in [6.07, 6.45) is 2.83. The molecule has 4 rings (SSSR count). The Hall–Kier alpha value is -2.72. The summed E-state index contributed by atoms with van der Waals surface area (Å²) in [4.78, 5) is 21.5. The second-order valence-electron chi connectivity index (χ2n) is 6.63. The number of carbonyl (C=O) groups excluding carboxylic acids is 1. The number of carbonyl (C=O) groups is 1. The Balaban J connectivity index is 1.61. The Morgan fingerprint density at radius 1 is 1.12 bits per heavy atom. The molecule has 3 aromatic rings. The normalized spacial score (nSPS) is 16.2. The molecule has 0 saturated carbocycles. The van der Waals surface area contributed by atoms with E-state index in [4.69, 9.17) is 11.6 Å². The first-order valence-corrected chi connectivity index (χ1v) is 8.94. The van der Waals surface area contributed by atoms with Gasteiger partial charge in [0.15, 0.2) is 5.78 Å². The van der Waals surface area contributed by atoms with Gasteiger partial charge in [0.2, 0.25) is 5.95 Å². The Kier molecular flexibility index (Phi) is 4.43. The van der Waals surface area contributed by atoms with Crippen LogP contribution in [0.3, 0.4) is 0 Å². The van der Waals surface area contributed by atoms with E-state index in [1.54, 1.807) is 6.20 Å². The van der Waals surface area contributed by atoms with Gasteiger partial charge in [-0.05, 0) is 54.7 Å². The number of hydrogen-bond donors (Lipinski definition) is 1. The van der Waals surface area contributed by atoms with E-state index in [9.17, 15) is 4.79 Å². The lowest BCUT2D eigenvalue weighted by Gasteiger charge is -2.23. The van der Waals surface area contributed by atoms with Crippen molar-refractivity contribution in [2.45, 2.75) is 25.7 Å². The number of hydrogen-bond acceptors (Lipinski definition) is 4. The SMILES string of the molecule is Cc1cccc(Nc2ncc3c(n2)C[C@H](c2ccc(Cl)cc2)CC3=O)c1. The van der Waals surface area contributed by atoms with Crippen molar-refractivity contribution in [3.63, 3.8) is 0 Å². The van der Waals surface area contributed by atoms with Crippen molar-refractivity contribution in [2.75, 3.05) is 5.32 Å². The van der Waals surface area contributed by atoms with Crippen LogP contribution in [0.4, 0.5) is 11.6 Å². The van der Waals surface area contributed by atoms with Crippen molar-refractivity contribution in [1.82, 2.24) is 9.97 Å². The Labute approximate surface area is 157 Å². The topological polar surface area (TPSA) is 54.9 Å². The van der Waals surface area contributed by atoms with Crippen LogP contribution in [0, 0.1) is 6.92 Å². The summed E-state index contributed by atoms with van der Waals surface area (Å²) in [6, 6.07) is 15.7. The van der Waals surface area contributed by atoms with E-state index >= 15 is 0 Å². The van der Waals surface area contributed by atoms with Crippen LogP contribution >= 0.6 is 11.6 Å². The second kappa shape index (κ2) is 6.89. The lowest BCUT2D eigenvalue weighted by Crippen LogP contribution is -2.21. The summed E-state index contributed by atoms with van der Waals surface area (Å²) in [5.41, 5.74) is 4.63. The Morgan fingerprint density at radius 3 is 2.69 bits per heavy atom. The van der Waals surface area contributed by atoms with E-state index in [0.29, 0.717) is 29.4 Å². The van der Waals surface area contributed by atoms with Gasteiger partial charge < -0.3 is 5.32 Å². The number of Topliss-reactive ketones (excluding diaryl/α,β-unsaturated/α-hetero) is 1. The molecule has 0 fully saturated rings. The zero-order chi connectivity index (χ0) is 18.1. The van der Waals surface area contributed by atoms with Crippen molar-refractivity contribution in [1.29, 1.82) is 0 Å². The van der Waals surface area contributed by atoms with Gasteiger partial charge in [-0.2, -0.15) is 0 Å². The van der Waals surface area contributed by atoms with Gasteiger partial charge in [-0.3, -0.25) is 4.79 Å². The molecule has 26 heavy (non-hydrogen) atoms. The summed E-state index contributed by atoms with van der Waals surface area (Å²) in [5, 5.41) is 3.92. The van der Waals surface area contributed by atoms with Gasteiger partial charge >= 0.3 is 0 Å². The number of aryl methyl sites for hydroxylation is 1. The minimum absolute atomic E-state index is 0.0910. The Bertz CT molecular complexity index is 969. The standard InChI is InChI=1S/C21H18ClN3O/c1-13-3-2-4-17(9-13)24-21-23-12-18-19(25-21)10-15(11-20(18)26)14-5-7-16(22)8-6-14/h2-9,12,15H,10-11H2,1H3,(H,23,24,25)/t15-/m0/s1. The van der Waals surface area contributed by atoms with E-state index < -0.39 is 0 Å². The summed E-state index contributed by atoms with van der Waals surface area (Å²) in [5.74, 6) is 0.723. The average Bonchev–Trinajstić information content (AvgIpc) is 2.62. The van der Waals surface area contributed by atoms with Gasteiger partial charge in [-0.1, -0.05) is 35.9 Å². The van der Waals surface area contributed by atoms with Gasteiger partial charge in [0, 0.05) is 23.3 Å². The molecule has 0 amide bonds. The molecule has 0 saturated heterocycles. The van der Waals surface area contributed by atoms with Crippen LogP contribution in [0.5, 0.6) is 0 Å². The predicted molar refractivity (Wildman–Crippen MR) is 103 cm³/mol. The first-order chi connectivity index (χ1) is 12.6. The number of rotatable bonds is 3. The zero-order valence-electron chi connectivity index (χ0n) is 14.4. The molecule has 1 aromatic heterocycles. The lowest BCUT2D eigenvalue weighted by atomic mass is 9.82. The molecule has 1 aliphatic rings. The molecule has 0 spiro atoms. The van der Waals surface area contributed by atoms with E-state index in [1.165, 1.54) is 0 Å². The first kappa shape index (κ1) is 16.7. The second-order valence-corrected chi connectivity index (χ2v) is 7.06. The van der Waals surface area contributed by atoms with Crippen LogP contribution in [0.25, 0.3) is 0 Å². The van der Waals surface area contributed by atoms with E-state index in [2.05, 4.69) is 15.3 Å². The molecule has 0 aliphatic heterocycles. The molecule has 0 bridgehead atoms. The summed E-state index contributed by atoms with van der Waals surface area (Å²) in [6.45, 7) is 2.04. The molecule has 2 aromatic carbocycles. The van der Waals surface area contributed by atoms with Crippen LogP contribution in [0.1, 0.15) is 39.5 Å². The van der Waals surface area contributed by atoms with E-state index in [1.807, 2.05) is 55.5 Å². The van der Waals surface area contributed by atoms with E-state index in [0.717, 1.165) is 22.5 Å². The highest BCUT2D eigenvalue weighted by Crippen LogP contribution is 2.32. The molecule has 4 nitrogen and oxygen atoms in total. The fourth-order valence-corrected chi connectivity index (χ4v) is 3.45. The van der Waals surface area contributed by atoms with E-state index in [-0.39, 0.29) is 11.7 Å². The van der Waals surface area contributed by atoms with Crippen molar-refractivity contribution in [2.24, 2.45) is 0 Å². The van der Waals surface area contributed by atoms with Crippen LogP contribution in [0.15, 0.2) is 54.7 Å². The fourth-order valence-electron chi connectivity index (χ4n) is 3.33. The van der Waals surface area contributed by atoms with Gasteiger partial charge in [-0.15, -0.1) is 0 Å². The smallest absolute Gasteiger partial charge is 0.227 e. The zero-order valence-corrected chi connectivity index (χ0v) is 15.1. The maximum Gasteiger partial charge on any atom is 0.227 e. The van der Waals surface area contributed by atoms with Crippen molar-refractivity contribution in [3.05, 3.63) is 82.1 Å². The monoisotopic (exact) mass is 363 g/mol. The molecule has 1 N–H and O–H groups in total. The highest BCUT2D eigenvalue weighted by Gasteiger charge is 2.28. The van der Waals surface area contributed by atoms with Crippen LogP contribution in [0.2, 0.25) is 5.02 Å². The van der Waals surface area contributed by atoms with Crippen LogP contribution in [-0.2, 0) is 6.42 Å². The lowest BCUT2D eigenvalue weighted by molar-refractivity contribution is 0.0962. The van der Waals surface area contributed by atoms with Gasteiger partial charge in [0.25, 0.3) is 0 Å². The summed E-state index contributed by atoms with van der Waals surface area (Å²) in [7, 11) is 0. The van der Waals surface area contributed by atoms with Crippen molar-refractivity contribution in [3.8, 4) is 0 Å². The highest BCUT2D eigenvalue weighted by atomic mass is 35.5. The first-order valence-electron chi connectivity index (χ1n) is 8.57. The largest absolute Gasteiger partial charge is 0.324 e. The predicted octanol–water partition coefficient (Wildman–Crippen LogP) is 5.09. The molecule has 130 valence electrons. The van der Waals surface area contributed by atoms with Gasteiger partial charge in [0.05, 0.1) is 11.3 Å². The number of nitrogens with one attached hydrogen (secondary N) is 1.